The zero-order chi connectivity index (χ0) is 15.1. The Bertz CT molecular complexity index is 192. The van der Waals surface area contributed by atoms with Crippen molar-refractivity contribution in [2.24, 2.45) is 0 Å². The van der Waals surface area contributed by atoms with Gasteiger partial charge in [0.1, 0.15) is 0 Å². The van der Waals surface area contributed by atoms with E-state index < -0.39 is 7.87 Å². The van der Waals surface area contributed by atoms with Crippen molar-refractivity contribution in [3.63, 3.8) is 0 Å². The normalized spacial score (nSPS) is 13.3. The molecule has 0 aromatic heterocycles. The fourth-order valence-electron chi connectivity index (χ4n) is 3.10. The molecule has 0 saturated carbocycles. The molecule has 0 fully saturated rings. The Balaban J connectivity index is 5.84. The van der Waals surface area contributed by atoms with Gasteiger partial charge in [-0.15, -0.1) is 18.7 Å². The van der Waals surface area contributed by atoms with Crippen molar-refractivity contribution in [3.8, 4) is 0 Å². The first kappa shape index (κ1) is 19.3. The number of hydrogen-bond acceptors (Lipinski definition) is 4. The van der Waals surface area contributed by atoms with Gasteiger partial charge in [-0.3, -0.25) is 0 Å². The fraction of sp³-hybridized carbons (Fsp3) is 1.00. The second-order valence-electron chi connectivity index (χ2n) is 4.80. The van der Waals surface area contributed by atoms with Gasteiger partial charge >= 0.3 is 7.87 Å². The van der Waals surface area contributed by atoms with Crippen LogP contribution >= 0.6 is 7.87 Å². The van der Waals surface area contributed by atoms with E-state index in [9.17, 15) is 0 Å². The third kappa shape index (κ3) is 3.68. The van der Waals surface area contributed by atoms with Gasteiger partial charge in [0.25, 0.3) is 0 Å². The maximum Gasteiger partial charge on any atom is 0.308 e. The van der Waals surface area contributed by atoms with E-state index in [-0.39, 0.29) is 0 Å². The minimum atomic E-state index is -1.57. The van der Waals surface area contributed by atoms with Crippen molar-refractivity contribution in [2.75, 3.05) is 53.4 Å². The molecule has 0 atom stereocenters. The van der Waals surface area contributed by atoms with E-state index in [0.717, 1.165) is 39.3 Å². The van der Waals surface area contributed by atoms with Crippen LogP contribution in [-0.2, 0) is 0 Å². The molecule has 0 unspecified atom stereocenters. The molecule has 0 spiro atoms. The lowest BCUT2D eigenvalue weighted by Crippen LogP contribution is -2.51. The predicted octanol–water partition coefficient (Wildman–Crippen LogP) is 3.25. The van der Waals surface area contributed by atoms with Gasteiger partial charge in [0.2, 0.25) is 0 Å². The summed E-state index contributed by atoms with van der Waals surface area (Å²) >= 11 is 0. The van der Waals surface area contributed by atoms with E-state index in [4.69, 9.17) is 0 Å². The molecule has 0 aliphatic carbocycles. The van der Waals surface area contributed by atoms with Gasteiger partial charge in [-0.2, -0.15) is 0 Å². The molecule has 116 valence electrons. The highest BCUT2D eigenvalue weighted by Gasteiger charge is 2.56. The second-order valence-corrected chi connectivity index (χ2v) is 8.37. The lowest BCUT2D eigenvalue weighted by molar-refractivity contribution is 0.284. The molecule has 0 aromatic carbocycles. The van der Waals surface area contributed by atoms with Crippen molar-refractivity contribution in [3.05, 3.63) is 0 Å². The Morgan fingerprint density at radius 1 is 0.526 bits per heavy atom. The molecule has 0 aliphatic rings. The molecule has 0 saturated heterocycles. The first-order chi connectivity index (χ1) is 9.00. The standard InChI is InChI=1S/C14H36N4P/c1-9-16(10-2)19(15(7)8,17(11-3)12-4)18(13-5)14-6/h9-14H2,1-8H3/q+1. The topological polar surface area (TPSA) is 13.0 Å². The molecule has 0 N–H and O–H groups in total. The number of nitrogens with zero attached hydrogens (tertiary/aromatic N) is 4. The molecular weight excluding hydrogens is 255 g/mol. The van der Waals surface area contributed by atoms with E-state index >= 15 is 0 Å². The maximum absolute atomic E-state index is 2.67. The third-order valence-corrected chi connectivity index (χ3v) is 8.91. The second kappa shape index (κ2) is 9.25. The summed E-state index contributed by atoms with van der Waals surface area (Å²) in [6.45, 7) is 20.4. The zero-order valence-electron chi connectivity index (χ0n) is 14.5. The maximum atomic E-state index is 2.67. The van der Waals surface area contributed by atoms with Crippen molar-refractivity contribution in [1.29, 1.82) is 0 Å². The summed E-state index contributed by atoms with van der Waals surface area (Å²) in [5.41, 5.74) is 0. The van der Waals surface area contributed by atoms with Crippen LogP contribution in [0.15, 0.2) is 0 Å². The molecule has 0 heterocycles. The lowest BCUT2D eigenvalue weighted by atomic mass is 10.7. The molecule has 0 amide bonds. The Hall–Kier alpha value is 0.270. The van der Waals surface area contributed by atoms with Crippen molar-refractivity contribution in [2.45, 2.75) is 41.5 Å². The average molecular weight is 291 g/mol. The van der Waals surface area contributed by atoms with Crippen LogP contribution in [0.25, 0.3) is 0 Å². The van der Waals surface area contributed by atoms with Gasteiger partial charge in [0, 0.05) is 53.4 Å². The monoisotopic (exact) mass is 291 g/mol. The van der Waals surface area contributed by atoms with E-state index in [2.05, 4.69) is 74.3 Å². The molecule has 0 aromatic rings. The Morgan fingerprint density at radius 3 is 0.842 bits per heavy atom. The average Bonchev–Trinajstić information content (AvgIpc) is 2.41. The highest BCUT2D eigenvalue weighted by molar-refractivity contribution is 7.66. The summed E-state index contributed by atoms with van der Waals surface area (Å²) in [4.78, 5) is 0. The van der Waals surface area contributed by atoms with E-state index in [1.165, 1.54) is 0 Å². The lowest BCUT2D eigenvalue weighted by Gasteiger charge is -2.48. The van der Waals surface area contributed by atoms with Crippen LogP contribution in [0.3, 0.4) is 0 Å². The van der Waals surface area contributed by atoms with Crippen molar-refractivity contribution in [1.82, 2.24) is 18.7 Å². The molecule has 19 heavy (non-hydrogen) atoms. The predicted molar refractivity (Wildman–Crippen MR) is 89.4 cm³/mol. The molecule has 4 nitrogen and oxygen atoms in total. The Morgan fingerprint density at radius 2 is 0.737 bits per heavy atom. The van der Waals surface area contributed by atoms with Crippen LogP contribution in [0.1, 0.15) is 41.5 Å². The van der Waals surface area contributed by atoms with E-state index in [1.54, 1.807) is 0 Å². The number of hydrogen-bond donors (Lipinski definition) is 0. The minimum Gasteiger partial charge on any atom is -0.139 e. The van der Waals surface area contributed by atoms with Crippen LogP contribution in [-0.4, -0.2) is 72.0 Å². The van der Waals surface area contributed by atoms with E-state index in [1.807, 2.05) is 0 Å². The van der Waals surface area contributed by atoms with Gasteiger partial charge in [-0.1, -0.05) is 0 Å². The van der Waals surface area contributed by atoms with Crippen LogP contribution in [0.4, 0.5) is 0 Å². The summed E-state index contributed by atoms with van der Waals surface area (Å²) in [6, 6.07) is 0. The van der Waals surface area contributed by atoms with Crippen LogP contribution in [0.5, 0.6) is 0 Å². The molecular formula is C14H36N4P+. The van der Waals surface area contributed by atoms with Crippen LogP contribution < -0.4 is 0 Å². The van der Waals surface area contributed by atoms with Gasteiger partial charge in [-0.25, -0.2) is 0 Å². The Kier molecular flexibility index (Phi) is 9.38. The Labute approximate surface area is 122 Å². The largest absolute Gasteiger partial charge is 0.308 e. The van der Waals surface area contributed by atoms with Gasteiger partial charge < -0.3 is 0 Å². The molecule has 0 radical (unpaired) electrons. The molecule has 0 bridgehead atoms. The summed E-state index contributed by atoms with van der Waals surface area (Å²) in [5, 5.41) is 0. The van der Waals surface area contributed by atoms with Crippen molar-refractivity contribution < 1.29 is 0 Å². The SMILES string of the molecule is CCN(CC)[P+](N(C)C)(N(CC)CC)N(CC)CC. The molecule has 0 rings (SSSR count). The smallest absolute Gasteiger partial charge is 0.139 e. The van der Waals surface area contributed by atoms with Crippen LogP contribution in [0.2, 0.25) is 0 Å². The van der Waals surface area contributed by atoms with Crippen molar-refractivity contribution >= 4 is 7.87 Å². The first-order valence-electron chi connectivity index (χ1n) is 7.83. The molecule has 0 aliphatic heterocycles. The zero-order valence-corrected chi connectivity index (χ0v) is 15.4. The molecule has 5 heteroatoms. The van der Waals surface area contributed by atoms with Gasteiger partial charge in [0.15, 0.2) is 0 Å². The van der Waals surface area contributed by atoms with E-state index in [0.29, 0.717) is 0 Å². The van der Waals surface area contributed by atoms with Gasteiger partial charge in [0.05, 0.1) is 0 Å². The summed E-state index contributed by atoms with van der Waals surface area (Å²) in [5.74, 6) is 0. The summed E-state index contributed by atoms with van der Waals surface area (Å²) in [6.07, 6.45) is 0. The minimum absolute atomic E-state index is 1.11. The highest BCUT2D eigenvalue weighted by atomic mass is 31.2. The van der Waals surface area contributed by atoms with Gasteiger partial charge in [-0.05, 0) is 41.5 Å². The van der Waals surface area contributed by atoms with Crippen LogP contribution in [0, 0.1) is 0 Å². The first-order valence-corrected chi connectivity index (χ1v) is 9.43. The highest BCUT2D eigenvalue weighted by Crippen LogP contribution is 2.68. The quantitative estimate of drug-likeness (QED) is 0.573. The summed E-state index contributed by atoms with van der Waals surface area (Å²) in [7, 11) is 2.94. The summed E-state index contributed by atoms with van der Waals surface area (Å²) < 4.78 is 10.5. The fourth-order valence-corrected chi connectivity index (χ4v) is 7.97. The third-order valence-electron chi connectivity index (χ3n) is 3.87. The number of rotatable bonds is 10.